The minimum atomic E-state index is 0.889. The minimum absolute atomic E-state index is 0.889. The van der Waals surface area contributed by atoms with Crippen molar-refractivity contribution < 1.29 is 4.74 Å². The van der Waals surface area contributed by atoms with Gasteiger partial charge >= 0.3 is 0 Å². The van der Waals surface area contributed by atoms with Gasteiger partial charge in [-0.25, -0.2) is 0 Å². The van der Waals surface area contributed by atoms with Crippen LogP contribution in [0.3, 0.4) is 0 Å². The molecule has 0 saturated carbocycles. The highest BCUT2D eigenvalue weighted by atomic mass is 16.5. The Labute approximate surface area is 73.7 Å². The zero-order valence-electron chi connectivity index (χ0n) is 7.29. The molecule has 0 aliphatic heterocycles. The number of hydrogen-bond acceptors (Lipinski definition) is 1. The summed E-state index contributed by atoms with van der Waals surface area (Å²) >= 11 is 0. The number of methoxy groups -OCH3 is 1. The van der Waals surface area contributed by atoms with Crippen LogP contribution in [0.25, 0.3) is 0 Å². The number of allylic oxidation sites excluding steroid dienone is 1. The van der Waals surface area contributed by atoms with Crippen molar-refractivity contribution in [2.75, 3.05) is 7.11 Å². The van der Waals surface area contributed by atoms with E-state index in [9.17, 15) is 0 Å². The molecule has 1 heteroatoms. The van der Waals surface area contributed by atoms with Crippen LogP contribution in [0.5, 0.6) is 5.75 Å². The van der Waals surface area contributed by atoms with Crippen molar-refractivity contribution in [3.63, 3.8) is 0 Å². The van der Waals surface area contributed by atoms with E-state index in [4.69, 9.17) is 11.3 Å². The first kappa shape index (κ1) is 8.85. The molecule has 0 unspecified atom stereocenters. The normalized spacial score (nSPS) is 9.42. The standard InChI is InChI=1S/C11H13O/c1-3-4-7-10-8-5-6-9-11(10)12-2/h1,3,5-6,8-9H,4,7H2,2H3. The van der Waals surface area contributed by atoms with E-state index in [1.807, 2.05) is 18.2 Å². The number of rotatable bonds is 4. The first-order valence-electron chi connectivity index (χ1n) is 4.03. The summed E-state index contributed by atoms with van der Waals surface area (Å²) in [5.74, 6) is 0.944. The van der Waals surface area contributed by atoms with Crippen molar-refractivity contribution in [1.29, 1.82) is 0 Å². The van der Waals surface area contributed by atoms with E-state index >= 15 is 0 Å². The van der Waals surface area contributed by atoms with E-state index in [1.54, 1.807) is 13.2 Å². The summed E-state index contributed by atoms with van der Waals surface area (Å²) in [4.78, 5) is 0. The first-order valence-corrected chi connectivity index (χ1v) is 4.03. The molecule has 0 heterocycles. The van der Waals surface area contributed by atoms with Crippen LogP contribution >= 0.6 is 0 Å². The van der Waals surface area contributed by atoms with E-state index in [0.29, 0.717) is 0 Å². The molecule has 0 N–H and O–H groups in total. The van der Waals surface area contributed by atoms with Gasteiger partial charge in [0.05, 0.1) is 7.11 Å². The fraction of sp³-hybridized carbons (Fsp3) is 0.273. The van der Waals surface area contributed by atoms with Crippen LogP contribution < -0.4 is 4.74 Å². The van der Waals surface area contributed by atoms with Gasteiger partial charge in [-0.05, 0) is 24.5 Å². The molecule has 12 heavy (non-hydrogen) atoms. The van der Waals surface area contributed by atoms with Crippen molar-refractivity contribution in [2.45, 2.75) is 12.8 Å². The van der Waals surface area contributed by atoms with Crippen LogP contribution in [0, 0.1) is 6.58 Å². The third-order valence-corrected chi connectivity index (χ3v) is 1.77. The molecule has 0 amide bonds. The van der Waals surface area contributed by atoms with Crippen LogP contribution in [0.4, 0.5) is 0 Å². The highest BCUT2D eigenvalue weighted by molar-refractivity contribution is 5.33. The minimum Gasteiger partial charge on any atom is -0.496 e. The molecule has 0 aliphatic rings. The van der Waals surface area contributed by atoms with Crippen molar-refractivity contribution in [1.82, 2.24) is 0 Å². The molecule has 0 bridgehead atoms. The Balaban J connectivity index is 2.74. The maximum absolute atomic E-state index is 5.30. The van der Waals surface area contributed by atoms with Gasteiger partial charge in [0, 0.05) is 0 Å². The van der Waals surface area contributed by atoms with Gasteiger partial charge in [0.1, 0.15) is 5.75 Å². The molecule has 0 atom stereocenters. The van der Waals surface area contributed by atoms with Gasteiger partial charge in [-0.2, -0.15) is 0 Å². The van der Waals surface area contributed by atoms with Gasteiger partial charge in [-0.3, -0.25) is 0 Å². The maximum atomic E-state index is 5.30. The van der Waals surface area contributed by atoms with Gasteiger partial charge in [0.25, 0.3) is 0 Å². The van der Waals surface area contributed by atoms with Crippen molar-refractivity contribution in [2.24, 2.45) is 0 Å². The molecule has 63 valence electrons. The van der Waals surface area contributed by atoms with Crippen LogP contribution in [-0.2, 0) is 6.42 Å². The van der Waals surface area contributed by atoms with E-state index < -0.39 is 0 Å². The average Bonchev–Trinajstić information content (AvgIpc) is 2.15. The lowest BCUT2D eigenvalue weighted by molar-refractivity contribution is 0.409. The molecule has 0 aromatic heterocycles. The molecule has 1 nitrogen and oxygen atoms in total. The maximum Gasteiger partial charge on any atom is 0.122 e. The van der Waals surface area contributed by atoms with Crippen molar-refractivity contribution in [3.8, 4) is 5.75 Å². The Bertz CT molecular complexity index is 253. The topological polar surface area (TPSA) is 9.23 Å². The fourth-order valence-electron chi connectivity index (χ4n) is 1.15. The fourth-order valence-corrected chi connectivity index (χ4v) is 1.15. The molecular weight excluding hydrogens is 148 g/mol. The largest absolute Gasteiger partial charge is 0.496 e. The van der Waals surface area contributed by atoms with Gasteiger partial charge in [-0.15, -0.1) is 0 Å². The van der Waals surface area contributed by atoms with Gasteiger partial charge in [0.2, 0.25) is 0 Å². The molecule has 1 rings (SSSR count). The summed E-state index contributed by atoms with van der Waals surface area (Å²) < 4.78 is 5.19. The zero-order valence-corrected chi connectivity index (χ0v) is 7.29. The number of ether oxygens (including phenoxy) is 1. The predicted octanol–water partition coefficient (Wildman–Crippen LogP) is 2.62. The number of aryl methyl sites for hydroxylation is 1. The van der Waals surface area contributed by atoms with E-state index in [-0.39, 0.29) is 0 Å². The van der Waals surface area contributed by atoms with Crippen molar-refractivity contribution in [3.05, 3.63) is 42.5 Å². The van der Waals surface area contributed by atoms with Crippen LogP contribution in [0.2, 0.25) is 0 Å². The Kier molecular flexibility index (Phi) is 3.39. The second-order valence-electron chi connectivity index (χ2n) is 2.59. The lowest BCUT2D eigenvalue weighted by atomic mass is 10.1. The highest BCUT2D eigenvalue weighted by Gasteiger charge is 1.98. The Morgan fingerprint density at radius 3 is 2.83 bits per heavy atom. The zero-order chi connectivity index (χ0) is 8.81. The summed E-state index contributed by atoms with van der Waals surface area (Å²) in [6, 6.07) is 8.00. The summed E-state index contributed by atoms with van der Waals surface area (Å²) in [6.45, 7) is 5.30. The molecule has 1 aromatic carbocycles. The van der Waals surface area contributed by atoms with Gasteiger partial charge in [-0.1, -0.05) is 30.9 Å². The predicted molar refractivity (Wildman–Crippen MR) is 50.2 cm³/mol. The van der Waals surface area contributed by atoms with Gasteiger partial charge < -0.3 is 4.74 Å². The van der Waals surface area contributed by atoms with Crippen LogP contribution in [0.1, 0.15) is 12.0 Å². The number of benzene rings is 1. The van der Waals surface area contributed by atoms with Crippen LogP contribution in [0.15, 0.2) is 30.3 Å². The first-order chi connectivity index (χ1) is 5.88. The SMILES string of the molecule is [CH]=CCCc1ccccc1OC. The van der Waals surface area contributed by atoms with E-state index in [2.05, 4.69) is 6.07 Å². The molecule has 1 aromatic rings. The molecule has 1 radical (unpaired) electrons. The molecular formula is C11H13O. The lowest BCUT2D eigenvalue weighted by Gasteiger charge is -2.05. The second-order valence-corrected chi connectivity index (χ2v) is 2.59. The Morgan fingerprint density at radius 1 is 1.42 bits per heavy atom. The molecule has 0 saturated heterocycles. The Morgan fingerprint density at radius 2 is 2.17 bits per heavy atom. The number of para-hydroxylation sites is 1. The van der Waals surface area contributed by atoms with E-state index in [1.165, 1.54) is 5.56 Å². The lowest BCUT2D eigenvalue weighted by Crippen LogP contribution is -1.90. The summed E-state index contributed by atoms with van der Waals surface area (Å²) in [6.07, 6.45) is 3.51. The second kappa shape index (κ2) is 4.60. The summed E-state index contributed by atoms with van der Waals surface area (Å²) in [7, 11) is 1.69. The molecule has 0 fully saturated rings. The monoisotopic (exact) mass is 161 g/mol. The smallest absolute Gasteiger partial charge is 0.122 e. The quantitative estimate of drug-likeness (QED) is 0.659. The summed E-state index contributed by atoms with van der Waals surface area (Å²) in [5.41, 5.74) is 1.21. The Hall–Kier alpha value is -1.24. The molecule has 0 spiro atoms. The third-order valence-electron chi connectivity index (χ3n) is 1.77. The third kappa shape index (κ3) is 2.12. The summed E-state index contributed by atoms with van der Waals surface area (Å²) in [5, 5.41) is 0. The highest BCUT2D eigenvalue weighted by Crippen LogP contribution is 2.18. The average molecular weight is 161 g/mol. The van der Waals surface area contributed by atoms with Crippen molar-refractivity contribution >= 4 is 0 Å². The van der Waals surface area contributed by atoms with E-state index in [0.717, 1.165) is 18.6 Å². The number of hydrogen-bond donors (Lipinski definition) is 0. The molecule has 0 aliphatic carbocycles. The van der Waals surface area contributed by atoms with Crippen LogP contribution in [-0.4, -0.2) is 7.11 Å². The van der Waals surface area contributed by atoms with Gasteiger partial charge in [0.15, 0.2) is 0 Å².